The molecule has 0 heterocycles. The normalized spacial score (nSPS) is 29.6. The molecule has 0 amide bonds. The van der Waals surface area contributed by atoms with Gasteiger partial charge in [0.2, 0.25) is 0 Å². The number of benzene rings is 1. The molecule has 1 nitrogen and oxygen atoms in total. The Kier molecular flexibility index (Phi) is 2.10. The highest BCUT2D eigenvalue weighted by atomic mass is 19.2. The van der Waals surface area contributed by atoms with Gasteiger partial charge in [0.1, 0.15) is 0 Å². The highest BCUT2D eigenvalue weighted by Gasteiger charge is 2.46. The molecule has 90 valence electrons. The molecule has 3 rings (SSSR count). The maximum absolute atomic E-state index is 13.6. The largest absolute Gasteiger partial charge is 0.388 e. The Balaban J connectivity index is 2.32. The van der Waals surface area contributed by atoms with Gasteiger partial charge < -0.3 is 5.11 Å². The SMILES string of the molecule is OC1c2c(F)c(F)c(F)c(F)c2C2CC=CC12. The molecule has 0 aromatic heterocycles. The lowest BCUT2D eigenvalue weighted by Gasteiger charge is -2.11. The molecule has 2 aliphatic rings. The van der Waals surface area contributed by atoms with Gasteiger partial charge in [0.25, 0.3) is 0 Å². The first-order chi connectivity index (χ1) is 8.04. The van der Waals surface area contributed by atoms with Crippen molar-refractivity contribution in [3.05, 3.63) is 46.5 Å². The summed E-state index contributed by atoms with van der Waals surface area (Å²) in [6, 6.07) is 0. The summed E-state index contributed by atoms with van der Waals surface area (Å²) >= 11 is 0. The van der Waals surface area contributed by atoms with Gasteiger partial charge in [-0.1, -0.05) is 12.2 Å². The van der Waals surface area contributed by atoms with E-state index < -0.39 is 46.8 Å². The van der Waals surface area contributed by atoms with Crippen molar-refractivity contribution in [1.82, 2.24) is 0 Å². The molecule has 0 fully saturated rings. The fourth-order valence-corrected chi connectivity index (χ4v) is 2.82. The summed E-state index contributed by atoms with van der Waals surface area (Å²) in [7, 11) is 0. The van der Waals surface area contributed by atoms with E-state index in [9.17, 15) is 22.7 Å². The topological polar surface area (TPSA) is 20.2 Å². The van der Waals surface area contributed by atoms with Gasteiger partial charge in [-0.15, -0.1) is 0 Å². The summed E-state index contributed by atoms with van der Waals surface area (Å²) in [6.07, 6.45) is 2.44. The summed E-state index contributed by atoms with van der Waals surface area (Å²) in [6.45, 7) is 0. The van der Waals surface area contributed by atoms with E-state index >= 15 is 0 Å². The first kappa shape index (κ1) is 10.8. The average molecular weight is 244 g/mol. The molecule has 0 radical (unpaired) electrons. The van der Waals surface area contributed by atoms with Crippen LogP contribution in [0, 0.1) is 29.2 Å². The lowest BCUT2D eigenvalue weighted by Crippen LogP contribution is -2.07. The van der Waals surface area contributed by atoms with Crippen LogP contribution in [0.1, 0.15) is 29.6 Å². The molecule has 5 heteroatoms. The number of aliphatic hydroxyl groups excluding tert-OH is 1. The zero-order valence-electron chi connectivity index (χ0n) is 8.55. The summed E-state index contributed by atoms with van der Waals surface area (Å²) in [5, 5.41) is 9.83. The van der Waals surface area contributed by atoms with Crippen molar-refractivity contribution in [1.29, 1.82) is 0 Å². The zero-order chi connectivity index (χ0) is 12.3. The Morgan fingerprint density at radius 3 is 2.18 bits per heavy atom. The maximum atomic E-state index is 13.6. The third kappa shape index (κ3) is 1.17. The van der Waals surface area contributed by atoms with Crippen molar-refractivity contribution in [2.75, 3.05) is 0 Å². The van der Waals surface area contributed by atoms with Crippen molar-refractivity contribution >= 4 is 0 Å². The third-order valence-electron chi connectivity index (χ3n) is 3.59. The second-order valence-electron chi connectivity index (χ2n) is 4.38. The van der Waals surface area contributed by atoms with Crippen LogP contribution in [0.3, 0.4) is 0 Å². The van der Waals surface area contributed by atoms with Crippen molar-refractivity contribution in [3.63, 3.8) is 0 Å². The summed E-state index contributed by atoms with van der Waals surface area (Å²) in [5.74, 6) is -7.51. The number of allylic oxidation sites excluding steroid dienone is 1. The predicted octanol–water partition coefficient (Wildman–Crippen LogP) is 2.95. The van der Waals surface area contributed by atoms with Gasteiger partial charge in [0, 0.05) is 17.0 Å². The van der Waals surface area contributed by atoms with E-state index in [0.29, 0.717) is 6.42 Å². The van der Waals surface area contributed by atoms with Crippen LogP contribution in [0.25, 0.3) is 0 Å². The molecule has 0 saturated heterocycles. The predicted molar refractivity (Wildman–Crippen MR) is 51.2 cm³/mol. The van der Waals surface area contributed by atoms with Crippen LogP contribution >= 0.6 is 0 Å². The van der Waals surface area contributed by atoms with Gasteiger partial charge in [-0.05, 0) is 12.3 Å². The van der Waals surface area contributed by atoms with Crippen LogP contribution in [-0.2, 0) is 0 Å². The summed E-state index contributed by atoms with van der Waals surface area (Å²) in [4.78, 5) is 0. The second kappa shape index (κ2) is 3.32. The Labute approximate surface area is 94.4 Å². The molecule has 0 bridgehead atoms. The first-order valence-electron chi connectivity index (χ1n) is 5.24. The molecule has 3 unspecified atom stereocenters. The van der Waals surface area contributed by atoms with Crippen molar-refractivity contribution in [2.45, 2.75) is 18.4 Å². The van der Waals surface area contributed by atoms with Crippen molar-refractivity contribution in [2.24, 2.45) is 5.92 Å². The number of rotatable bonds is 0. The van der Waals surface area contributed by atoms with Crippen LogP contribution in [0.2, 0.25) is 0 Å². The Hall–Kier alpha value is -1.36. The molecule has 3 atom stereocenters. The molecular weight excluding hydrogens is 236 g/mol. The van der Waals surface area contributed by atoms with Gasteiger partial charge in [-0.25, -0.2) is 17.6 Å². The number of halogens is 4. The molecule has 0 saturated carbocycles. The van der Waals surface area contributed by atoms with Crippen LogP contribution in [-0.4, -0.2) is 5.11 Å². The highest BCUT2D eigenvalue weighted by molar-refractivity contribution is 5.45. The second-order valence-corrected chi connectivity index (χ2v) is 4.38. The fourth-order valence-electron chi connectivity index (χ4n) is 2.82. The smallest absolute Gasteiger partial charge is 0.197 e. The molecule has 1 aromatic rings. The van der Waals surface area contributed by atoms with E-state index in [0.717, 1.165) is 0 Å². The van der Waals surface area contributed by atoms with Gasteiger partial charge in [-0.2, -0.15) is 0 Å². The number of fused-ring (bicyclic) bond motifs is 3. The molecule has 0 aliphatic heterocycles. The van der Waals surface area contributed by atoms with Crippen LogP contribution in [0.5, 0.6) is 0 Å². The molecule has 2 aliphatic carbocycles. The Bertz CT molecular complexity index is 538. The Morgan fingerprint density at radius 2 is 1.53 bits per heavy atom. The van der Waals surface area contributed by atoms with Crippen LogP contribution in [0.4, 0.5) is 17.6 Å². The standard InChI is InChI=1S/C12H8F4O/c13-8-6-4-2-1-3-5(4)12(17)7(6)9(14)11(16)10(8)15/h1,3-5,12,17H,2H2. The minimum Gasteiger partial charge on any atom is -0.388 e. The average Bonchev–Trinajstić information content (AvgIpc) is 2.86. The van der Waals surface area contributed by atoms with Gasteiger partial charge >= 0.3 is 0 Å². The number of hydrogen-bond acceptors (Lipinski definition) is 1. The fraction of sp³-hybridized carbons (Fsp3) is 0.333. The van der Waals surface area contributed by atoms with Gasteiger partial charge in [0.15, 0.2) is 23.3 Å². The van der Waals surface area contributed by atoms with E-state index in [1.165, 1.54) is 0 Å². The van der Waals surface area contributed by atoms with Crippen LogP contribution in [0.15, 0.2) is 12.2 Å². The maximum Gasteiger partial charge on any atom is 0.197 e. The van der Waals surface area contributed by atoms with E-state index in [1.54, 1.807) is 12.2 Å². The number of hydrogen-bond donors (Lipinski definition) is 1. The van der Waals surface area contributed by atoms with Crippen molar-refractivity contribution in [3.8, 4) is 0 Å². The van der Waals surface area contributed by atoms with E-state index in [2.05, 4.69) is 0 Å². The third-order valence-corrected chi connectivity index (χ3v) is 3.59. The molecule has 1 aromatic carbocycles. The molecule has 1 N–H and O–H groups in total. The summed E-state index contributed by atoms with van der Waals surface area (Å²) in [5.41, 5.74) is -0.648. The Morgan fingerprint density at radius 1 is 0.941 bits per heavy atom. The van der Waals surface area contributed by atoms with Crippen LogP contribution < -0.4 is 0 Å². The minimum atomic E-state index is -1.86. The lowest BCUT2D eigenvalue weighted by molar-refractivity contribution is 0.135. The minimum absolute atomic E-state index is 0.219. The first-order valence-corrected chi connectivity index (χ1v) is 5.24. The summed E-state index contributed by atoms with van der Waals surface area (Å²) < 4.78 is 53.4. The van der Waals surface area contributed by atoms with E-state index in [-0.39, 0.29) is 5.56 Å². The van der Waals surface area contributed by atoms with E-state index in [1.807, 2.05) is 0 Å². The quantitative estimate of drug-likeness (QED) is 0.322. The van der Waals surface area contributed by atoms with Gasteiger partial charge in [0.05, 0.1) is 6.10 Å². The highest BCUT2D eigenvalue weighted by Crippen LogP contribution is 2.53. The monoisotopic (exact) mass is 244 g/mol. The molecule has 0 spiro atoms. The molecule has 17 heavy (non-hydrogen) atoms. The molecular formula is C12H8F4O. The lowest BCUT2D eigenvalue weighted by atomic mass is 9.94. The van der Waals surface area contributed by atoms with E-state index in [4.69, 9.17) is 0 Å². The zero-order valence-corrected chi connectivity index (χ0v) is 8.55. The van der Waals surface area contributed by atoms with Crippen molar-refractivity contribution < 1.29 is 22.7 Å². The number of aliphatic hydroxyl groups is 1. The van der Waals surface area contributed by atoms with Gasteiger partial charge in [-0.3, -0.25) is 0 Å².